The molecular formula is C16H24N2O2S. The summed E-state index contributed by atoms with van der Waals surface area (Å²) >= 11 is 4.88. The highest BCUT2D eigenvalue weighted by molar-refractivity contribution is 7.80. The topological polar surface area (TPSA) is 55.6 Å². The van der Waals surface area contributed by atoms with Crippen molar-refractivity contribution in [1.29, 1.82) is 0 Å². The minimum atomic E-state index is -0.0263. The van der Waals surface area contributed by atoms with Gasteiger partial charge in [0.15, 0.2) is 6.61 Å². The zero-order chi connectivity index (χ0) is 16.0. The summed E-state index contributed by atoms with van der Waals surface area (Å²) in [5.74, 6) is 1.17. The third-order valence-corrected chi connectivity index (χ3v) is 3.60. The van der Waals surface area contributed by atoms with Crippen molar-refractivity contribution in [2.45, 2.75) is 33.2 Å². The van der Waals surface area contributed by atoms with Gasteiger partial charge in [0.2, 0.25) is 0 Å². The Morgan fingerprint density at radius 2 is 1.86 bits per heavy atom. The van der Waals surface area contributed by atoms with E-state index in [2.05, 4.69) is 20.8 Å². The molecule has 4 nitrogen and oxygen atoms in total. The second kappa shape index (κ2) is 7.98. The van der Waals surface area contributed by atoms with Crippen LogP contribution in [0.25, 0.3) is 0 Å². The van der Waals surface area contributed by atoms with E-state index in [0.29, 0.717) is 16.7 Å². The molecule has 0 aromatic heterocycles. The van der Waals surface area contributed by atoms with Gasteiger partial charge in [-0.05, 0) is 43.5 Å². The van der Waals surface area contributed by atoms with Crippen LogP contribution >= 0.6 is 12.2 Å². The number of carbonyl (C=O) groups excluding carboxylic acids is 1. The summed E-state index contributed by atoms with van der Waals surface area (Å²) in [6, 6.07) is 7.30. The number of hydrogen-bond acceptors (Lipinski definition) is 3. The molecular weight excluding hydrogens is 284 g/mol. The van der Waals surface area contributed by atoms with Gasteiger partial charge < -0.3 is 15.4 Å². The Morgan fingerprint density at radius 3 is 2.33 bits per heavy atom. The highest BCUT2D eigenvalue weighted by Gasteiger charge is 2.17. The van der Waals surface area contributed by atoms with E-state index in [4.69, 9.17) is 22.7 Å². The maximum Gasteiger partial charge on any atom is 0.260 e. The fraction of sp³-hybridized carbons (Fsp3) is 0.500. The number of nitrogens with zero attached hydrogens (tertiary/aromatic N) is 1. The van der Waals surface area contributed by atoms with Crippen LogP contribution in [0, 0.1) is 5.92 Å². The third-order valence-electron chi connectivity index (χ3n) is 3.37. The molecule has 0 aliphatic rings. The second-order valence-corrected chi connectivity index (χ2v) is 6.10. The first-order valence-electron chi connectivity index (χ1n) is 7.09. The molecule has 1 amide bonds. The van der Waals surface area contributed by atoms with Crippen molar-refractivity contribution in [1.82, 2.24) is 4.90 Å². The lowest BCUT2D eigenvalue weighted by Gasteiger charge is -2.26. The lowest BCUT2D eigenvalue weighted by molar-refractivity contribution is -0.134. The average molecular weight is 308 g/mol. The molecule has 0 spiro atoms. The van der Waals surface area contributed by atoms with Crippen molar-refractivity contribution in [3.05, 3.63) is 29.8 Å². The molecule has 0 saturated heterocycles. The normalized spacial score (nSPS) is 12.0. The molecule has 1 aromatic rings. The number of ether oxygens (including phenoxy) is 1. The molecule has 21 heavy (non-hydrogen) atoms. The van der Waals surface area contributed by atoms with Crippen LogP contribution in [0.4, 0.5) is 0 Å². The molecule has 1 atom stereocenters. The van der Waals surface area contributed by atoms with Gasteiger partial charge in [0, 0.05) is 18.7 Å². The van der Waals surface area contributed by atoms with E-state index in [-0.39, 0.29) is 18.6 Å². The summed E-state index contributed by atoms with van der Waals surface area (Å²) in [5, 5.41) is 0. The molecule has 0 fully saturated rings. The number of benzene rings is 1. The van der Waals surface area contributed by atoms with Crippen LogP contribution in [0.2, 0.25) is 0 Å². The first-order chi connectivity index (χ1) is 9.81. The van der Waals surface area contributed by atoms with Crippen LogP contribution in [0.15, 0.2) is 24.3 Å². The minimum Gasteiger partial charge on any atom is -0.484 e. The lowest BCUT2D eigenvalue weighted by Crippen LogP contribution is -2.38. The number of hydrogen-bond donors (Lipinski definition) is 1. The third kappa shape index (κ3) is 5.71. The fourth-order valence-corrected chi connectivity index (χ4v) is 2.18. The predicted molar refractivity (Wildman–Crippen MR) is 89.5 cm³/mol. The Bertz CT molecular complexity index is 486. The number of thiocarbonyl (C=S) groups is 1. The predicted octanol–water partition coefficient (Wildman–Crippen LogP) is 2.59. The van der Waals surface area contributed by atoms with E-state index in [1.54, 1.807) is 29.2 Å². The highest BCUT2D eigenvalue weighted by atomic mass is 32.1. The van der Waals surface area contributed by atoms with Crippen molar-refractivity contribution in [3.8, 4) is 5.75 Å². The Hall–Kier alpha value is -1.62. The fourth-order valence-electron chi connectivity index (χ4n) is 2.05. The van der Waals surface area contributed by atoms with E-state index in [1.807, 2.05) is 7.05 Å². The van der Waals surface area contributed by atoms with Crippen LogP contribution in [0.3, 0.4) is 0 Å². The molecule has 0 aliphatic heterocycles. The first kappa shape index (κ1) is 17.4. The second-order valence-electron chi connectivity index (χ2n) is 5.66. The van der Waals surface area contributed by atoms with Gasteiger partial charge in [-0.1, -0.05) is 26.1 Å². The van der Waals surface area contributed by atoms with E-state index in [0.717, 1.165) is 12.0 Å². The van der Waals surface area contributed by atoms with Crippen LogP contribution in [0.5, 0.6) is 5.75 Å². The molecule has 0 aliphatic carbocycles. The summed E-state index contributed by atoms with van der Waals surface area (Å²) in [6.45, 7) is 6.38. The monoisotopic (exact) mass is 308 g/mol. The standard InChI is InChI=1S/C16H24N2O2S/c1-11(2)9-12(3)18(4)15(19)10-20-14-7-5-13(6-8-14)16(17)21/h5-8,11-12H,9-10H2,1-4H3,(H2,17,21). The molecule has 1 aromatic carbocycles. The number of carbonyl (C=O) groups is 1. The van der Waals surface area contributed by atoms with Crippen LogP contribution in [-0.4, -0.2) is 35.5 Å². The van der Waals surface area contributed by atoms with Gasteiger partial charge in [-0.2, -0.15) is 0 Å². The molecule has 0 heterocycles. The van der Waals surface area contributed by atoms with Gasteiger partial charge in [-0.25, -0.2) is 0 Å². The van der Waals surface area contributed by atoms with Gasteiger partial charge in [-0.15, -0.1) is 0 Å². The Kier molecular flexibility index (Phi) is 6.62. The van der Waals surface area contributed by atoms with Gasteiger partial charge in [-0.3, -0.25) is 4.79 Å². The molecule has 2 N–H and O–H groups in total. The smallest absolute Gasteiger partial charge is 0.260 e. The van der Waals surface area contributed by atoms with Crippen molar-refractivity contribution < 1.29 is 9.53 Å². The highest BCUT2D eigenvalue weighted by Crippen LogP contribution is 2.13. The molecule has 116 valence electrons. The molecule has 0 radical (unpaired) electrons. The van der Waals surface area contributed by atoms with Gasteiger partial charge in [0.05, 0.1) is 0 Å². The quantitative estimate of drug-likeness (QED) is 0.787. The van der Waals surface area contributed by atoms with Crippen molar-refractivity contribution in [2.24, 2.45) is 11.7 Å². The van der Waals surface area contributed by atoms with Gasteiger partial charge in [0.25, 0.3) is 5.91 Å². The molecule has 0 bridgehead atoms. The minimum absolute atomic E-state index is 0.0263. The van der Waals surface area contributed by atoms with E-state index in [1.165, 1.54) is 0 Å². The van der Waals surface area contributed by atoms with Crippen LogP contribution in [0.1, 0.15) is 32.8 Å². The van der Waals surface area contributed by atoms with Crippen LogP contribution in [-0.2, 0) is 4.79 Å². The lowest BCUT2D eigenvalue weighted by atomic mass is 10.0. The number of amides is 1. The van der Waals surface area contributed by atoms with E-state index < -0.39 is 0 Å². The summed E-state index contributed by atoms with van der Waals surface area (Å²) in [5.41, 5.74) is 6.31. The summed E-state index contributed by atoms with van der Waals surface area (Å²) < 4.78 is 5.50. The molecule has 5 heteroatoms. The summed E-state index contributed by atoms with van der Waals surface area (Å²) in [7, 11) is 1.81. The zero-order valence-corrected chi connectivity index (χ0v) is 13.9. The Labute approximate surface area is 132 Å². The maximum atomic E-state index is 12.1. The number of nitrogens with two attached hydrogens (primary N) is 1. The van der Waals surface area contributed by atoms with Gasteiger partial charge in [0.1, 0.15) is 10.7 Å². The largest absolute Gasteiger partial charge is 0.484 e. The van der Waals surface area contributed by atoms with Crippen molar-refractivity contribution >= 4 is 23.1 Å². The van der Waals surface area contributed by atoms with Crippen molar-refractivity contribution in [2.75, 3.05) is 13.7 Å². The summed E-state index contributed by atoms with van der Waals surface area (Å²) in [6.07, 6.45) is 0.977. The first-order valence-corrected chi connectivity index (χ1v) is 7.50. The van der Waals surface area contributed by atoms with Crippen LogP contribution < -0.4 is 10.5 Å². The van der Waals surface area contributed by atoms with E-state index >= 15 is 0 Å². The number of rotatable bonds is 7. The molecule has 1 rings (SSSR count). The molecule has 1 unspecified atom stereocenters. The average Bonchev–Trinajstić information content (AvgIpc) is 2.43. The zero-order valence-electron chi connectivity index (χ0n) is 13.1. The summed E-state index contributed by atoms with van der Waals surface area (Å²) in [4.78, 5) is 14.2. The molecule has 0 saturated carbocycles. The number of likely N-dealkylation sites (N-methyl/N-ethyl adjacent to an activating group) is 1. The van der Waals surface area contributed by atoms with Gasteiger partial charge >= 0.3 is 0 Å². The SMILES string of the molecule is CC(C)CC(C)N(C)C(=O)COc1ccc(C(N)=S)cc1. The maximum absolute atomic E-state index is 12.1. The Balaban J connectivity index is 2.50. The Morgan fingerprint density at radius 1 is 1.29 bits per heavy atom. The van der Waals surface area contributed by atoms with E-state index in [9.17, 15) is 4.79 Å². The van der Waals surface area contributed by atoms with Crippen molar-refractivity contribution in [3.63, 3.8) is 0 Å².